The number of aryl methyl sites for hydroxylation is 1. The summed E-state index contributed by atoms with van der Waals surface area (Å²) in [6.45, 7) is 1.88. The maximum absolute atomic E-state index is 12.2. The van der Waals surface area contributed by atoms with E-state index in [1.165, 1.54) is 4.90 Å². The van der Waals surface area contributed by atoms with Gasteiger partial charge in [-0.15, -0.1) is 0 Å². The SMILES string of the molecule is Cc1cc(-c2ccccc2C(=O)N(C)C)cc(=O)n1C. The van der Waals surface area contributed by atoms with Crippen molar-refractivity contribution in [3.05, 3.63) is 58.0 Å². The molecule has 2 aromatic rings. The van der Waals surface area contributed by atoms with E-state index in [1.54, 1.807) is 37.8 Å². The lowest BCUT2D eigenvalue weighted by molar-refractivity contribution is 0.0828. The normalized spacial score (nSPS) is 10.4. The van der Waals surface area contributed by atoms with Crippen molar-refractivity contribution in [2.24, 2.45) is 7.05 Å². The Kier molecular flexibility index (Phi) is 3.74. The summed E-state index contributed by atoms with van der Waals surface area (Å²) in [5, 5.41) is 0. The molecule has 104 valence electrons. The lowest BCUT2D eigenvalue weighted by Crippen LogP contribution is -2.23. The van der Waals surface area contributed by atoms with Crippen LogP contribution >= 0.6 is 0 Å². The highest BCUT2D eigenvalue weighted by atomic mass is 16.2. The van der Waals surface area contributed by atoms with Crippen LogP contribution in [0.2, 0.25) is 0 Å². The van der Waals surface area contributed by atoms with Crippen LogP contribution in [-0.4, -0.2) is 29.5 Å². The van der Waals surface area contributed by atoms with Gasteiger partial charge in [-0.2, -0.15) is 0 Å². The average molecular weight is 270 g/mol. The van der Waals surface area contributed by atoms with E-state index < -0.39 is 0 Å². The van der Waals surface area contributed by atoms with Crippen LogP contribution in [0.25, 0.3) is 11.1 Å². The largest absolute Gasteiger partial charge is 0.345 e. The molecule has 1 amide bonds. The Morgan fingerprint density at radius 3 is 2.40 bits per heavy atom. The Balaban J connectivity index is 2.65. The predicted molar refractivity (Wildman–Crippen MR) is 79.9 cm³/mol. The fourth-order valence-corrected chi connectivity index (χ4v) is 2.08. The van der Waals surface area contributed by atoms with Gasteiger partial charge in [0.2, 0.25) is 0 Å². The molecule has 0 aliphatic heterocycles. The second kappa shape index (κ2) is 5.33. The van der Waals surface area contributed by atoms with Crippen LogP contribution in [0, 0.1) is 6.92 Å². The number of benzene rings is 1. The number of aromatic nitrogens is 1. The molecule has 0 aliphatic rings. The fourth-order valence-electron chi connectivity index (χ4n) is 2.08. The van der Waals surface area contributed by atoms with Crippen LogP contribution in [0.15, 0.2) is 41.2 Å². The van der Waals surface area contributed by atoms with Gasteiger partial charge >= 0.3 is 0 Å². The van der Waals surface area contributed by atoms with E-state index in [-0.39, 0.29) is 11.5 Å². The smallest absolute Gasteiger partial charge is 0.253 e. The monoisotopic (exact) mass is 270 g/mol. The van der Waals surface area contributed by atoms with Crippen LogP contribution in [0.5, 0.6) is 0 Å². The number of carbonyl (C=O) groups excluding carboxylic acids is 1. The molecular formula is C16H18N2O2. The summed E-state index contributed by atoms with van der Waals surface area (Å²) >= 11 is 0. The van der Waals surface area contributed by atoms with Crippen LogP contribution in [0.1, 0.15) is 16.1 Å². The third kappa shape index (κ3) is 2.50. The van der Waals surface area contributed by atoms with Crippen LogP contribution in [0.3, 0.4) is 0 Å². The van der Waals surface area contributed by atoms with Gasteiger partial charge in [-0.05, 0) is 30.2 Å². The topological polar surface area (TPSA) is 42.3 Å². The first-order chi connectivity index (χ1) is 9.41. The molecule has 0 bridgehead atoms. The van der Waals surface area contributed by atoms with Gasteiger partial charge in [0.25, 0.3) is 11.5 Å². The Morgan fingerprint density at radius 1 is 1.15 bits per heavy atom. The van der Waals surface area contributed by atoms with Crippen molar-refractivity contribution in [2.45, 2.75) is 6.92 Å². The lowest BCUT2D eigenvalue weighted by atomic mass is 9.99. The van der Waals surface area contributed by atoms with Crippen molar-refractivity contribution in [1.29, 1.82) is 0 Å². The molecule has 20 heavy (non-hydrogen) atoms. The first kappa shape index (κ1) is 14.1. The van der Waals surface area contributed by atoms with Gasteiger partial charge in [0.1, 0.15) is 0 Å². The number of rotatable bonds is 2. The third-order valence-corrected chi connectivity index (χ3v) is 3.38. The van der Waals surface area contributed by atoms with Crippen LogP contribution < -0.4 is 5.56 Å². The van der Waals surface area contributed by atoms with E-state index in [0.717, 1.165) is 16.8 Å². The van der Waals surface area contributed by atoms with Crippen molar-refractivity contribution < 1.29 is 4.79 Å². The number of nitrogens with zero attached hydrogens (tertiary/aromatic N) is 2. The minimum Gasteiger partial charge on any atom is -0.345 e. The Morgan fingerprint density at radius 2 is 1.80 bits per heavy atom. The van der Waals surface area contributed by atoms with Crippen LogP contribution in [0.4, 0.5) is 0 Å². The highest BCUT2D eigenvalue weighted by Gasteiger charge is 2.14. The molecule has 1 aromatic carbocycles. The number of hydrogen-bond acceptors (Lipinski definition) is 2. The van der Waals surface area contributed by atoms with Gasteiger partial charge in [0.15, 0.2) is 0 Å². The maximum atomic E-state index is 12.2. The summed E-state index contributed by atoms with van der Waals surface area (Å²) < 4.78 is 1.58. The Labute approximate surface area is 118 Å². The average Bonchev–Trinajstić information content (AvgIpc) is 2.43. The zero-order valence-electron chi connectivity index (χ0n) is 12.2. The number of pyridine rings is 1. The van der Waals surface area contributed by atoms with E-state index in [0.29, 0.717) is 5.56 Å². The van der Waals surface area contributed by atoms with Crippen LogP contribution in [-0.2, 0) is 7.05 Å². The second-order valence-corrected chi connectivity index (χ2v) is 5.03. The van der Waals surface area contributed by atoms with E-state index in [4.69, 9.17) is 0 Å². The van der Waals surface area contributed by atoms with Crippen molar-refractivity contribution in [1.82, 2.24) is 9.47 Å². The van der Waals surface area contributed by atoms with Gasteiger partial charge in [0, 0.05) is 38.5 Å². The molecule has 0 saturated heterocycles. The standard InChI is InChI=1S/C16H18N2O2/c1-11-9-12(10-15(19)18(11)4)13-7-5-6-8-14(13)16(20)17(2)3/h5-10H,1-4H3. The van der Waals surface area contributed by atoms with E-state index in [1.807, 2.05) is 31.2 Å². The molecule has 0 spiro atoms. The summed E-state index contributed by atoms with van der Waals surface area (Å²) in [4.78, 5) is 25.7. The van der Waals surface area contributed by atoms with Crippen molar-refractivity contribution in [3.8, 4) is 11.1 Å². The van der Waals surface area contributed by atoms with Gasteiger partial charge < -0.3 is 9.47 Å². The van der Waals surface area contributed by atoms with E-state index in [2.05, 4.69) is 0 Å². The molecule has 1 heterocycles. The molecule has 0 fully saturated rings. The summed E-state index contributed by atoms with van der Waals surface area (Å²) in [6, 6.07) is 10.8. The molecule has 2 rings (SSSR count). The Hall–Kier alpha value is -2.36. The summed E-state index contributed by atoms with van der Waals surface area (Å²) in [7, 11) is 5.17. The summed E-state index contributed by atoms with van der Waals surface area (Å²) in [6.07, 6.45) is 0. The molecule has 0 saturated carbocycles. The number of amides is 1. The minimum absolute atomic E-state index is 0.0704. The first-order valence-electron chi connectivity index (χ1n) is 6.40. The lowest BCUT2D eigenvalue weighted by Gasteiger charge is -2.15. The summed E-state index contributed by atoms with van der Waals surface area (Å²) in [5.74, 6) is -0.0704. The highest BCUT2D eigenvalue weighted by Crippen LogP contribution is 2.24. The zero-order chi connectivity index (χ0) is 14.9. The quantitative estimate of drug-likeness (QED) is 0.838. The van der Waals surface area contributed by atoms with Crippen molar-refractivity contribution in [2.75, 3.05) is 14.1 Å². The molecule has 0 aliphatic carbocycles. The molecule has 0 atom stereocenters. The third-order valence-electron chi connectivity index (χ3n) is 3.38. The van der Waals surface area contributed by atoms with E-state index in [9.17, 15) is 9.59 Å². The highest BCUT2D eigenvalue weighted by molar-refractivity contribution is 6.00. The zero-order valence-corrected chi connectivity index (χ0v) is 12.2. The minimum atomic E-state index is -0.0768. The van der Waals surface area contributed by atoms with E-state index >= 15 is 0 Å². The molecular weight excluding hydrogens is 252 g/mol. The molecule has 4 nitrogen and oxygen atoms in total. The fraction of sp³-hybridized carbons (Fsp3) is 0.250. The molecule has 0 radical (unpaired) electrons. The van der Waals surface area contributed by atoms with Crippen molar-refractivity contribution in [3.63, 3.8) is 0 Å². The van der Waals surface area contributed by atoms with Gasteiger partial charge in [0.05, 0.1) is 0 Å². The number of carbonyl (C=O) groups is 1. The molecule has 0 N–H and O–H groups in total. The van der Waals surface area contributed by atoms with Crippen molar-refractivity contribution >= 4 is 5.91 Å². The number of hydrogen-bond donors (Lipinski definition) is 0. The molecule has 0 unspecified atom stereocenters. The van der Waals surface area contributed by atoms with Gasteiger partial charge in [-0.1, -0.05) is 18.2 Å². The predicted octanol–water partition coefficient (Wildman–Crippen LogP) is 2.06. The first-order valence-corrected chi connectivity index (χ1v) is 6.40. The van der Waals surface area contributed by atoms with Gasteiger partial charge in [-0.25, -0.2) is 0 Å². The maximum Gasteiger partial charge on any atom is 0.253 e. The summed E-state index contributed by atoms with van der Waals surface area (Å²) in [5.41, 5.74) is 2.94. The molecule has 4 heteroatoms. The van der Waals surface area contributed by atoms with Gasteiger partial charge in [-0.3, -0.25) is 9.59 Å². The molecule has 1 aromatic heterocycles. The second-order valence-electron chi connectivity index (χ2n) is 5.03. The Bertz CT molecular complexity index is 715.